The summed E-state index contributed by atoms with van der Waals surface area (Å²) in [6.45, 7) is 2.04. The molecule has 7 nitrogen and oxygen atoms in total. The van der Waals surface area contributed by atoms with Gasteiger partial charge in [-0.1, -0.05) is 46.7 Å². The summed E-state index contributed by atoms with van der Waals surface area (Å²) in [5.74, 6) is 3.23. The number of methoxy groups -OCH3 is 1. The summed E-state index contributed by atoms with van der Waals surface area (Å²) in [6.07, 6.45) is 0. The minimum atomic E-state index is 0.519. The van der Waals surface area contributed by atoms with E-state index in [4.69, 9.17) is 9.26 Å². The first-order valence-electron chi connectivity index (χ1n) is 8.70. The molecule has 0 aliphatic rings. The van der Waals surface area contributed by atoms with Crippen molar-refractivity contribution in [3.8, 4) is 28.6 Å². The van der Waals surface area contributed by atoms with Crippen LogP contribution in [-0.4, -0.2) is 32.0 Å². The van der Waals surface area contributed by atoms with E-state index in [1.807, 2.05) is 67.1 Å². The van der Waals surface area contributed by atoms with E-state index in [1.165, 1.54) is 17.3 Å². The van der Waals surface area contributed by atoms with Crippen LogP contribution in [0.2, 0.25) is 0 Å². The third-order valence-electron chi connectivity index (χ3n) is 4.26. The van der Waals surface area contributed by atoms with Crippen LogP contribution in [0.3, 0.4) is 0 Å². The van der Waals surface area contributed by atoms with Crippen LogP contribution in [0, 0.1) is 6.92 Å². The highest BCUT2D eigenvalue weighted by atomic mass is 32.2. The number of rotatable bonds is 6. The first kappa shape index (κ1) is 18.2. The van der Waals surface area contributed by atoms with Crippen molar-refractivity contribution in [1.82, 2.24) is 24.9 Å². The highest BCUT2D eigenvalue weighted by Gasteiger charge is 2.14. The Morgan fingerprint density at radius 3 is 2.68 bits per heavy atom. The summed E-state index contributed by atoms with van der Waals surface area (Å²) in [5, 5.41) is 13.4. The van der Waals surface area contributed by atoms with E-state index >= 15 is 0 Å². The maximum atomic E-state index is 5.38. The number of aromatic nitrogens is 5. The van der Waals surface area contributed by atoms with Crippen LogP contribution in [-0.2, 0) is 12.8 Å². The first-order valence-corrected chi connectivity index (χ1v) is 9.69. The minimum absolute atomic E-state index is 0.519. The van der Waals surface area contributed by atoms with Crippen LogP contribution in [0.25, 0.3) is 22.8 Å². The molecule has 0 bridgehead atoms. The van der Waals surface area contributed by atoms with Crippen molar-refractivity contribution in [3.05, 3.63) is 59.9 Å². The van der Waals surface area contributed by atoms with Crippen molar-refractivity contribution in [1.29, 1.82) is 0 Å². The lowest BCUT2D eigenvalue weighted by Gasteiger charge is -2.05. The van der Waals surface area contributed by atoms with Crippen LogP contribution in [0.1, 0.15) is 11.4 Å². The van der Waals surface area contributed by atoms with Gasteiger partial charge in [0, 0.05) is 18.2 Å². The summed E-state index contributed by atoms with van der Waals surface area (Å²) in [4.78, 5) is 4.47. The maximum Gasteiger partial charge on any atom is 0.257 e. The summed E-state index contributed by atoms with van der Waals surface area (Å²) in [5.41, 5.74) is 3.05. The van der Waals surface area contributed by atoms with E-state index in [9.17, 15) is 0 Å². The molecule has 28 heavy (non-hydrogen) atoms. The Morgan fingerprint density at radius 1 is 1.07 bits per heavy atom. The fraction of sp³-hybridized carbons (Fsp3) is 0.200. The molecule has 2 aromatic heterocycles. The molecule has 0 spiro atoms. The molecule has 0 aliphatic carbocycles. The van der Waals surface area contributed by atoms with Gasteiger partial charge in [0.2, 0.25) is 0 Å². The van der Waals surface area contributed by atoms with Gasteiger partial charge in [-0.05, 0) is 31.2 Å². The van der Waals surface area contributed by atoms with E-state index in [2.05, 4.69) is 20.3 Å². The van der Waals surface area contributed by atoms with Crippen molar-refractivity contribution < 1.29 is 9.26 Å². The Bertz CT molecular complexity index is 1090. The zero-order valence-electron chi connectivity index (χ0n) is 15.8. The molecule has 0 atom stereocenters. The third kappa shape index (κ3) is 3.77. The molecule has 0 N–H and O–H groups in total. The molecule has 0 saturated carbocycles. The topological polar surface area (TPSA) is 78.9 Å². The van der Waals surface area contributed by atoms with Crippen LogP contribution >= 0.6 is 11.8 Å². The van der Waals surface area contributed by atoms with Gasteiger partial charge in [0.15, 0.2) is 16.8 Å². The molecule has 4 aromatic rings. The van der Waals surface area contributed by atoms with Gasteiger partial charge in [0.05, 0.1) is 12.9 Å². The standard InChI is InChI=1S/C20H19N5O2S/c1-13-7-9-14(10-8-13)19-21-17(24-27-19)12-28-20-23-22-18(25(20)2)15-5-4-6-16(11-15)26-3/h4-11H,12H2,1-3H3. The Kier molecular flexibility index (Phi) is 5.12. The van der Waals surface area contributed by atoms with Gasteiger partial charge in [-0.25, -0.2) is 0 Å². The summed E-state index contributed by atoms with van der Waals surface area (Å²) in [7, 11) is 3.58. The molecule has 142 valence electrons. The lowest BCUT2D eigenvalue weighted by atomic mass is 10.1. The largest absolute Gasteiger partial charge is 0.497 e. The van der Waals surface area contributed by atoms with Gasteiger partial charge in [-0.3, -0.25) is 0 Å². The average Bonchev–Trinajstić information content (AvgIpc) is 3.34. The predicted molar refractivity (Wildman–Crippen MR) is 107 cm³/mol. The van der Waals surface area contributed by atoms with E-state index in [0.29, 0.717) is 17.5 Å². The van der Waals surface area contributed by atoms with Crippen LogP contribution in [0.4, 0.5) is 0 Å². The monoisotopic (exact) mass is 393 g/mol. The van der Waals surface area contributed by atoms with Crippen molar-refractivity contribution >= 4 is 11.8 Å². The second-order valence-corrected chi connectivity index (χ2v) is 7.21. The molecule has 0 saturated heterocycles. The quantitative estimate of drug-likeness (QED) is 0.456. The lowest BCUT2D eigenvalue weighted by molar-refractivity contribution is 0.415. The normalized spacial score (nSPS) is 11.0. The summed E-state index contributed by atoms with van der Waals surface area (Å²) >= 11 is 1.51. The number of benzene rings is 2. The van der Waals surface area contributed by atoms with Crippen molar-refractivity contribution in [2.24, 2.45) is 7.05 Å². The average molecular weight is 393 g/mol. The molecule has 8 heteroatoms. The van der Waals surface area contributed by atoms with Crippen molar-refractivity contribution in [2.45, 2.75) is 17.8 Å². The van der Waals surface area contributed by atoms with Crippen LogP contribution in [0.5, 0.6) is 5.75 Å². The Balaban J connectivity index is 1.47. The number of hydrogen-bond acceptors (Lipinski definition) is 7. The van der Waals surface area contributed by atoms with Crippen molar-refractivity contribution in [3.63, 3.8) is 0 Å². The van der Waals surface area contributed by atoms with Gasteiger partial charge >= 0.3 is 0 Å². The van der Waals surface area contributed by atoms with E-state index in [0.717, 1.165) is 27.9 Å². The Morgan fingerprint density at radius 2 is 1.89 bits per heavy atom. The Hall–Kier alpha value is -3.13. The van der Waals surface area contributed by atoms with Gasteiger partial charge < -0.3 is 13.8 Å². The zero-order chi connectivity index (χ0) is 19.5. The third-order valence-corrected chi connectivity index (χ3v) is 5.28. The molecule has 0 fully saturated rings. The predicted octanol–water partition coefficient (Wildman–Crippen LogP) is 4.14. The molecule has 0 amide bonds. The van der Waals surface area contributed by atoms with Crippen LogP contribution in [0.15, 0.2) is 58.2 Å². The van der Waals surface area contributed by atoms with Gasteiger partial charge in [-0.15, -0.1) is 10.2 Å². The van der Waals surface area contributed by atoms with Gasteiger partial charge in [0.25, 0.3) is 5.89 Å². The smallest absolute Gasteiger partial charge is 0.257 e. The second-order valence-electron chi connectivity index (χ2n) is 6.27. The first-order chi connectivity index (χ1) is 13.6. The molecule has 2 aromatic carbocycles. The minimum Gasteiger partial charge on any atom is -0.497 e. The van der Waals surface area contributed by atoms with Gasteiger partial charge in [0.1, 0.15) is 5.75 Å². The fourth-order valence-corrected chi connectivity index (χ4v) is 3.46. The number of thioether (sulfide) groups is 1. The molecular weight excluding hydrogens is 374 g/mol. The van der Waals surface area contributed by atoms with Gasteiger partial charge in [-0.2, -0.15) is 4.98 Å². The molecule has 0 unspecified atom stereocenters. The maximum absolute atomic E-state index is 5.38. The zero-order valence-corrected chi connectivity index (χ0v) is 16.6. The molecule has 0 aliphatic heterocycles. The number of hydrogen-bond donors (Lipinski definition) is 0. The highest BCUT2D eigenvalue weighted by Crippen LogP contribution is 2.27. The molecular formula is C20H19N5O2S. The number of nitrogens with zero attached hydrogens (tertiary/aromatic N) is 5. The summed E-state index contributed by atoms with van der Waals surface area (Å²) in [6, 6.07) is 15.7. The van der Waals surface area contributed by atoms with E-state index in [1.54, 1.807) is 7.11 Å². The molecule has 0 radical (unpaired) electrons. The molecule has 2 heterocycles. The molecule has 4 rings (SSSR count). The SMILES string of the molecule is COc1cccc(-c2nnc(SCc3noc(-c4ccc(C)cc4)n3)n2C)c1. The fourth-order valence-electron chi connectivity index (χ4n) is 2.71. The highest BCUT2D eigenvalue weighted by molar-refractivity contribution is 7.98. The number of ether oxygens (including phenoxy) is 1. The van der Waals surface area contributed by atoms with E-state index in [-0.39, 0.29) is 0 Å². The lowest BCUT2D eigenvalue weighted by Crippen LogP contribution is -1.96. The summed E-state index contributed by atoms with van der Waals surface area (Å²) < 4.78 is 12.6. The van der Waals surface area contributed by atoms with Crippen LogP contribution < -0.4 is 4.74 Å². The number of aryl methyl sites for hydroxylation is 1. The second kappa shape index (κ2) is 7.85. The van der Waals surface area contributed by atoms with Crippen molar-refractivity contribution in [2.75, 3.05) is 7.11 Å². The van der Waals surface area contributed by atoms with E-state index < -0.39 is 0 Å². The Labute approximate surface area is 166 Å².